The molecule has 1 saturated heterocycles. The van der Waals surface area contributed by atoms with Gasteiger partial charge in [-0.05, 0) is 48.7 Å². The fourth-order valence-corrected chi connectivity index (χ4v) is 5.65. The van der Waals surface area contributed by atoms with Crippen LogP contribution in [0.2, 0.25) is 5.02 Å². The number of piperazine rings is 1. The Labute approximate surface area is 212 Å². The third-order valence-corrected chi connectivity index (χ3v) is 7.60. The summed E-state index contributed by atoms with van der Waals surface area (Å²) in [6, 6.07) is 15.3. The molecule has 0 saturated carbocycles. The number of nitrogens with one attached hydrogen (secondary N) is 1. The zero-order valence-electron chi connectivity index (χ0n) is 20.7. The first kappa shape index (κ1) is 23.9. The molecule has 0 spiro atoms. The zero-order chi connectivity index (χ0) is 24.7. The van der Waals surface area contributed by atoms with Crippen molar-refractivity contribution in [1.29, 1.82) is 0 Å². The molecule has 35 heavy (non-hydrogen) atoms. The molecule has 3 aliphatic rings. The average Bonchev–Trinajstić information content (AvgIpc) is 2.94. The minimum Gasteiger partial charge on any atom is -0.357 e. The van der Waals surface area contributed by atoms with E-state index in [0.717, 1.165) is 60.8 Å². The fraction of sp³-hybridized carbons (Fsp3) is 0.429. The van der Waals surface area contributed by atoms with Crippen molar-refractivity contribution in [3.05, 3.63) is 70.4 Å². The second kappa shape index (κ2) is 9.32. The second-order valence-corrected chi connectivity index (χ2v) is 11.2. The maximum atomic E-state index is 13.7. The maximum absolute atomic E-state index is 13.7. The van der Waals surface area contributed by atoms with Gasteiger partial charge in [-0.15, -0.1) is 0 Å². The Balaban J connectivity index is 1.63. The first-order chi connectivity index (χ1) is 16.7. The van der Waals surface area contributed by atoms with E-state index in [1.54, 1.807) is 0 Å². The van der Waals surface area contributed by atoms with Gasteiger partial charge in [-0.1, -0.05) is 49.7 Å². The van der Waals surface area contributed by atoms with E-state index in [0.29, 0.717) is 11.4 Å². The summed E-state index contributed by atoms with van der Waals surface area (Å²) in [5, 5.41) is 4.25. The van der Waals surface area contributed by atoms with Crippen LogP contribution in [0, 0.1) is 5.41 Å². The van der Waals surface area contributed by atoms with E-state index in [-0.39, 0.29) is 29.7 Å². The van der Waals surface area contributed by atoms with E-state index in [4.69, 9.17) is 11.6 Å². The summed E-state index contributed by atoms with van der Waals surface area (Å²) in [5.74, 6) is 0.216. The molecule has 1 aliphatic carbocycles. The molecule has 0 aromatic heterocycles. The SMILES string of the molecule is CN1CCN(C(=O)CN2c3ccccc3NC3=C(C(=O)CC(C)(C)C3)C2c2ccc(Cl)cc2)CC1. The number of fused-ring (bicyclic) bond motifs is 1. The lowest BCUT2D eigenvalue weighted by atomic mass is 9.73. The number of hydrogen-bond acceptors (Lipinski definition) is 5. The Bertz CT molecular complexity index is 1170. The van der Waals surface area contributed by atoms with Crippen LogP contribution < -0.4 is 10.2 Å². The lowest BCUT2D eigenvalue weighted by molar-refractivity contribution is -0.131. The first-order valence-corrected chi connectivity index (χ1v) is 12.7. The van der Waals surface area contributed by atoms with Crippen molar-refractivity contribution in [2.24, 2.45) is 5.41 Å². The molecule has 0 radical (unpaired) electrons. The highest BCUT2D eigenvalue weighted by atomic mass is 35.5. The maximum Gasteiger partial charge on any atom is 0.242 e. The number of anilines is 2. The topological polar surface area (TPSA) is 55.9 Å². The van der Waals surface area contributed by atoms with Crippen molar-refractivity contribution >= 4 is 34.7 Å². The van der Waals surface area contributed by atoms with Gasteiger partial charge in [-0.2, -0.15) is 0 Å². The Kier molecular flexibility index (Phi) is 6.36. The predicted molar refractivity (Wildman–Crippen MR) is 141 cm³/mol. The average molecular weight is 493 g/mol. The number of likely N-dealkylation sites (N-methyl/N-ethyl adjacent to an activating group) is 1. The summed E-state index contributed by atoms with van der Waals surface area (Å²) in [5.41, 5.74) is 4.39. The Morgan fingerprint density at radius 1 is 1.03 bits per heavy atom. The molecule has 184 valence electrons. The standard InChI is InChI=1S/C28H33ClN4O2/c1-28(2)16-22-26(24(34)17-28)27(19-8-10-20(29)11-9-19)33(23-7-5-4-6-21(23)30-22)18-25(35)32-14-12-31(3)13-15-32/h4-11,27,30H,12-18H2,1-3H3. The second-order valence-electron chi connectivity index (χ2n) is 10.7. The minimum absolute atomic E-state index is 0.0829. The van der Waals surface area contributed by atoms with Crippen LogP contribution in [0.3, 0.4) is 0 Å². The van der Waals surface area contributed by atoms with Crippen LogP contribution in [-0.2, 0) is 9.59 Å². The molecule has 6 nitrogen and oxygen atoms in total. The smallest absolute Gasteiger partial charge is 0.242 e. The van der Waals surface area contributed by atoms with Crippen molar-refractivity contribution < 1.29 is 9.59 Å². The lowest BCUT2D eigenvalue weighted by Crippen LogP contribution is -2.50. The summed E-state index contributed by atoms with van der Waals surface area (Å²) in [6.07, 6.45) is 1.25. The summed E-state index contributed by atoms with van der Waals surface area (Å²) in [6.45, 7) is 7.65. The van der Waals surface area contributed by atoms with Crippen LogP contribution >= 0.6 is 11.6 Å². The number of para-hydroxylation sites is 2. The summed E-state index contributed by atoms with van der Waals surface area (Å²) in [4.78, 5) is 33.6. The van der Waals surface area contributed by atoms with Crippen LogP contribution in [-0.4, -0.2) is 61.3 Å². The number of rotatable bonds is 3. The molecule has 2 aromatic rings. The number of nitrogens with zero attached hydrogens (tertiary/aromatic N) is 3. The van der Waals surface area contributed by atoms with Gasteiger partial charge in [0.25, 0.3) is 0 Å². The van der Waals surface area contributed by atoms with Gasteiger partial charge >= 0.3 is 0 Å². The Hall–Kier alpha value is -2.83. The molecule has 1 amide bonds. The van der Waals surface area contributed by atoms with Crippen molar-refractivity contribution in [1.82, 2.24) is 9.80 Å². The van der Waals surface area contributed by atoms with Crippen molar-refractivity contribution in [3.8, 4) is 0 Å². The summed E-state index contributed by atoms with van der Waals surface area (Å²) < 4.78 is 0. The van der Waals surface area contributed by atoms with Crippen LogP contribution in [0.1, 0.15) is 38.3 Å². The lowest BCUT2D eigenvalue weighted by Gasteiger charge is -2.39. The van der Waals surface area contributed by atoms with Crippen molar-refractivity contribution in [3.63, 3.8) is 0 Å². The quantitative estimate of drug-likeness (QED) is 0.671. The van der Waals surface area contributed by atoms with Gasteiger partial charge in [0, 0.05) is 48.9 Å². The molecule has 2 heterocycles. The number of amides is 1. The summed E-state index contributed by atoms with van der Waals surface area (Å²) >= 11 is 6.23. The molecule has 7 heteroatoms. The van der Waals surface area contributed by atoms with E-state index in [2.05, 4.69) is 36.0 Å². The number of Topliss-reactive ketones (excluding diaryl/α,β-unsaturated/α-hetero) is 1. The number of benzene rings is 2. The monoisotopic (exact) mass is 492 g/mol. The van der Waals surface area contributed by atoms with E-state index in [1.165, 1.54) is 0 Å². The van der Waals surface area contributed by atoms with Gasteiger partial charge in [-0.3, -0.25) is 9.59 Å². The number of allylic oxidation sites excluding steroid dienone is 1. The highest BCUT2D eigenvalue weighted by Gasteiger charge is 2.42. The number of ketones is 1. The van der Waals surface area contributed by atoms with Crippen LogP contribution in [0.4, 0.5) is 11.4 Å². The third-order valence-electron chi connectivity index (χ3n) is 7.35. The molecule has 1 atom stereocenters. The van der Waals surface area contributed by atoms with Gasteiger partial charge in [-0.25, -0.2) is 0 Å². The molecule has 2 aromatic carbocycles. The van der Waals surface area contributed by atoms with Crippen LogP contribution in [0.5, 0.6) is 0 Å². The largest absolute Gasteiger partial charge is 0.357 e. The molecule has 1 N–H and O–H groups in total. The number of carbonyl (C=O) groups is 2. The normalized spacial score (nSPS) is 22.3. The Morgan fingerprint density at radius 2 is 1.71 bits per heavy atom. The molecule has 0 bridgehead atoms. The Morgan fingerprint density at radius 3 is 2.43 bits per heavy atom. The molecule has 1 unspecified atom stereocenters. The van der Waals surface area contributed by atoms with E-state index >= 15 is 0 Å². The molecule has 2 aliphatic heterocycles. The van der Waals surface area contributed by atoms with E-state index in [9.17, 15) is 9.59 Å². The highest BCUT2D eigenvalue weighted by molar-refractivity contribution is 6.30. The highest BCUT2D eigenvalue weighted by Crippen LogP contribution is 2.48. The number of hydrogen-bond donors (Lipinski definition) is 1. The first-order valence-electron chi connectivity index (χ1n) is 12.3. The predicted octanol–water partition coefficient (Wildman–Crippen LogP) is 4.73. The van der Waals surface area contributed by atoms with Gasteiger partial charge in [0.1, 0.15) is 0 Å². The van der Waals surface area contributed by atoms with E-state index in [1.807, 2.05) is 53.4 Å². The van der Waals surface area contributed by atoms with Gasteiger partial charge in [0.15, 0.2) is 5.78 Å². The number of carbonyl (C=O) groups excluding carboxylic acids is 2. The zero-order valence-corrected chi connectivity index (χ0v) is 21.4. The molecular formula is C28H33ClN4O2. The minimum atomic E-state index is -0.376. The van der Waals surface area contributed by atoms with Crippen LogP contribution in [0.25, 0.3) is 0 Å². The number of halogens is 1. The fourth-order valence-electron chi connectivity index (χ4n) is 5.52. The molecular weight excluding hydrogens is 460 g/mol. The van der Waals surface area contributed by atoms with Gasteiger partial charge < -0.3 is 20.0 Å². The molecule has 5 rings (SSSR count). The van der Waals surface area contributed by atoms with E-state index < -0.39 is 0 Å². The third kappa shape index (κ3) is 4.82. The van der Waals surface area contributed by atoms with Crippen molar-refractivity contribution in [2.75, 3.05) is 50.0 Å². The summed E-state index contributed by atoms with van der Waals surface area (Å²) in [7, 11) is 2.08. The van der Waals surface area contributed by atoms with Gasteiger partial charge in [0.2, 0.25) is 5.91 Å². The molecule has 1 fully saturated rings. The van der Waals surface area contributed by atoms with Gasteiger partial charge in [0.05, 0.1) is 24.0 Å². The van der Waals surface area contributed by atoms with Crippen molar-refractivity contribution in [2.45, 2.75) is 32.7 Å². The van der Waals surface area contributed by atoms with Crippen LogP contribution in [0.15, 0.2) is 59.8 Å².